The molecule has 82 heavy (non-hydrogen) atoms. The molecule has 0 bridgehead atoms. The highest BCUT2D eigenvalue weighted by atomic mass is 32.2. The Bertz CT molecular complexity index is 3390. The Labute approximate surface area is 537 Å². The lowest BCUT2D eigenvalue weighted by Gasteiger charge is -2.08. The second kappa shape index (κ2) is 44.4. The van der Waals surface area contributed by atoms with Crippen molar-refractivity contribution in [2.45, 2.75) is 75.8 Å². The molecule has 0 aliphatic heterocycles. The second-order valence-corrected chi connectivity index (χ2v) is 22.5. The monoisotopic (exact) mass is 1250 g/mol. The Balaban J connectivity index is 0.000000372. The first-order valence-electron chi connectivity index (χ1n) is 30.6. The van der Waals surface area contributed by atoms with Crippen LogP contribution >= 0.6 is 82.3 Å². The van der Waals surface area contributed by atoms with E-state index < -0.39 is 29.0 Å². The quantitative estimate of drug-likeness (QED) is 0.0569. The van der Waals surface area contributed by atoms with Crippen molar-refractivity contribution in [3.05, 3.63) is 175 Å². The average Bonchev–Trinajstić information content (AvgIpc) is 0.931. The van der Waals surface area contributed by atoms with E-state index in [4.69, 9.17) is 53.0 Å². The third-order valence-electron chi connectivity index (χ3n) is 10.8. The van der Waals surface area contributed by atoms with Crippen LogP contribution in [0.3, 0.4) is 0 Å². The normalized spacial score (nSPS) is 15.0. The molecule has 0 N–H and O–H groups in total. The van der Waals surface area contributed by atoms with Crippen molar-refractivity contribution in [1.29, 1.82) is 0 Å². The molecule has 15 heteroatoms. The number of hydrogen-bond acceptors (Lipinski definition) is 15. The first kappa shape index (κ1) is 56.0. The number of aryl methyl sites for hydroxylation is 2. The summed E-state index contributed by atoms with van der Waals surface area (Å²) in [5, 5.41) is 2.05. The maximum atomic E-state index is 7.64. The van der Waals surface area contributed by atoms with Gasteiger partial charge in [-0.3, -0.25) is 0 Å². The van der Waals surface area contributed by atoms with Gasteiger partial charge >= 0.3 is 0 Å². The molecule has 0 radical (unpaired) electrons. The van der Waals surface area contributed by atoms with Crippen LogP contribution in [-0.4, -0.2) is 98.4 Å². The fourth-order valence-corrected chi connectivity index (χ4v) is 10.4. The molecule has 4 atom stereocenters. The molecule has 0 saturated carbocycles. The average molecular weight is 1250 g/mol. The number of benzene rings is 8. The lowest BCUT2D eigenvalue weighted by Crippen LogP contribution is -1.90. The van der Waals surface area contributed by atoms with E-state index in [-0.39, 0.29) is 0 Å². The fraction of sp³-hybridized carbons (Fsp3) is 0.313. The molecule has 444 valence electrons. The van der Waals surface area contributed by atoms with Crippen molar-refractivity contribution in [3.8, 4) is 46.0 Å². The van der Waals surface area contributed by atoms with Gasteiger partial charge in [-0.1, -0.05) is 82.3 Å². The van der Waals surface area contributed by atoms with Crippen LogP contribution in [0.1, 0.15) is 53.9 Å². The molecule has 8 nitrogen and oxygen atoms in total. The smallest absolute Gasteiger partial charge is 0.161 e. The predicted octanol–water partition coefficient (Wildman–Crippen LogP) is 20.3. The minimum atomic E-state index is -2.00. The first-order chi connectivity index (χ1) is 43.5. The van der Waals surface area contributed by atoms with E-state index in [0.717, 1.165) is 93.1 Å². The number of hydrogen-bond donors (Lipinski definition) is 0. The van der Waals surface area contributed by atoms with Gasteiger partial charge in [0, 0.05) is 54.7 Å². The largest absolute Gasteiger partial charge is 0.497 e. The third kappa shape index (κ3) is 27.5. The maximum Gasteiger partial charge on any atom is 0.161 e. The summed E-state index contributed by atoms with van der Waals surface area (Å²) in [6.45, 7) is 10.2. The Morgan fingerprint density at radius 3 is 1.20 bits per heavy atom. The van der Waals surface area contributed by atoms with Crippen LogP contribution in [0.25, 0.3) is 10.8 Å². The van der Waals surface area contributed by atoms with Gasteiger partial charge in [0.1, 0.15) is 34.5 Å². The van der Waals surface area contributed by atoms with Gasteiger partial charge in [-0.25, -0.2) is 0 Å². The fourth-order valence-electron chi connectivity index (χ4n) is 6.67. The number of methoxy groups -OCH3 is 8. The van der Waals surface area contributed by atoms with Crippen LogP contribution in [0.5, 0.6) is 46.0 Å². The third-order valence-corrected chi connectivity index (χ3v) is 15.9. The number of ether oxygens (including phenoxy) is 8. The van der Waals surface area contributed by atoms with Crippen molar-refractivity contribution in [3.63, 3.8) is 0 Å². The zero-order chi connectivity index (χ0) is 70.2. The van der Waals surface area contributed by atoms with Crippen LogP contribution in [0.4, 0.5) is 0 Å². The van der Waals surface area contributed by atoms with E-state index in [9.17, 15) is 0 Å². The van der Waals surface area contributed by atoms with Gasteiger partial charge in [0.2, 0.25) is 0 Å². The molecule has 0 heterocycles. The predicted molar refractivity (Wildman–Crippen MR) is 365 cm³/mol. The summed E-state index contributed by atoms with van der Waals surface area (Å²) >= 11 is 9.08. The lowest BCUT2D eigenvalue weighted by molar-refractivity contribution is 0.354. The van der Waals surface area contributed by atoms with E-state index in [0.29, 0.717) is 17.2 Å². The second-order valence-electron chi connectivity index (χ2n) is 15.9. The van der Waals surface area contributed by atoms with E-state index >= 15 is 0 Å². The summed E-state index contributed by atoms with van der Waals surface area (Å²) in [5.41, 5.74) is -2.80. The van der Waals surface area contributed by atoms with Crippen molar-refractivity contribution in [2.24, 2.45) is 0 Å². The van der Waals surface area contributed by atoms with Gasteiger partial charge in [-0.05, 0) is 181 Å². The van der Waals surface area contributed by atoms with E-state index in [1.807, 2.05) is 134 Å². The lowest BCUT2D eigenvalue weighted by atomic mass is 10.1. The molecule has 0 fully saturated rings. The summed E-state index contributed by atoms with van der Waals surface area (Å²) in [7, 11) is 12.9. The highest BCUT2D eigenvalue weighted by Gasteiger charge is 2.06. The molecule has 0 spiro atoms. The van der Waals surface area contributed by atoms with Gasteiger partial charge in [-0.2, -0.15) is 0 Å². The highest BCUT2D eigenvalue weighted by Crippen LogP contribution is 2.34. The van der Waals surface area contributed by atoms with Crippen molar-refractivity contribution in [2.75, 3.05) is 98.4 Å². The first-order valence-corrected chi connectivity index (χ1v) is 31.6. The molecule has 0 aliphatic rings. The highest BCUT2D eigenvalue weighted by molar-refractivity contribution is 8.00. The molecular weight excluding hydrogens is 1160 g/mol. The van der Waals surface area contributed by atoms with Gasteiger partial charge < -0.3 is 37.9 Å². The molecule has 8 aromatic carbocycles. The minimum Gasteiger partial charge on any atom is -0.497 e. The van der Waals surface area contributed by atoms with Gasteiger partial charge in [0.25, 0.3) is 0 Å². The molecule has 0 amide bonds. The Morgan fingerprint density at radius 2 is 0.768 bits per heavy atom. The Morgan fingerprint density at radius 1 is 0.366 bits per heavy atom. The molecule has 8 rings (SSSR count). The zero-order valence-electron chi connectivity index (χ0n) is 60.7. The molecule has 8 aromatic rings. The summed E-state index contributed by atoms with van der Waals surface area (Å²) in [6, 6.07) is 51.4. The Hall–Kier alpha value is -5.13. The van der Waals surface area contributed by atoms with Crippen molar-refractivity contribution in [1.82, 2.24) is 0 Å². The van der Waals surface area contributed by atoms with Crippen LogP contribution in [0.15, 0.2) is 198 Å². The summed E-state index contributed by atoms with van der Waals surface area (Å²) in [4.78, 5) is 6.78. The number of fused-ring (bicyclic) bond motifs is 1. The topological polar surface area (TPSA) is 73.8 Å². The van der Waals surface area contributed by atoms with E-state index in [1.165, 1.54) is 71.4 Å². The molecule has 0 aliphatic carbocycles. The standard InChI is InChI=1S/C13H14OS.C10H14O2S.4C9H12OS.C8H10OS/c1-3-15-13-9-5-6-10-11(13)7-4-8-12(10)14-2;1-4-13-8-5-6-9(11-2)10(7-8)12-3;2*1-7-4-5-8(10-2)6-9(7)11-3;2*1-3-11-9-6-4-5-8(7-9)10-2;1-9-7-4-3-5-8(6-7)10-2/h4-9H,3H2,1-2H3;5-7H,4H2,1-3H3;2*4-6H,1-3H3;2*4-7H,3H2,1-2H3;3-6H,1-2H3/i3+1DH;4DH;3+1;3DH2;2*3DH;/t3-;4-;;;2*3-;/m11..11./s1. The van der Waals surface area contributed by atoms with E-state index in [1.54, 1.807) is 106 Å². The summed E-state index contributed by atoms with van der Waals surface area (Å²) in [5.74, 6) is 6.14. The molecular formula is C67H86O8S7. The molecule has 0 aromatic heterocycles. The van der Waals surface area contributed by atoms with Gasteiger partial charge in [0.15, 0.2) is 11.5 Å². The molecule has 0 saturated heterocycles. The van der Waals surface area contributed by atoms with E-state index in [2.05, 4.69) is 37.6 Å². The minimum absolute atomic E-state index is 0.617. The van der Waals surface area contributed by atoms with Crippen LogP contribution in [0, 0.1) is 13.8 Å². The number of rotatable bonds is 19. The zero-order valence-corrected chi connectivity index (χ0v) is 55.4. The van der Waals surface area contributed by atoms with Crippen LogP contribution in [-0.2, 0) is 0 Å². The van der Waals surface area contributed by atoms with Crippen molar-refractivity contribution >= 4 is 93.1 Å². The number of thioether (sulfide) groups is 7. The van der Waals surface area contributed by atoms with Gasteiger partial charge in [0.05, 0.1) is 56.9 Å². The summed E-state index contributed by atoms with van der Waals surface area (Å²) < 4.78 is 122. The molecule has 0 unspecified atom stereocenters. The Kier molecular flexibility index (Phi) is 30.3. The van der Waals surface area contributed by atoms with Crippen LogP contribution in [0.2, 0.25) is 0 Å². The maximum absolute atomic E-state index is 7.64. The SMILES string of the molecule is COc1ccc(C)c(S[13CH3])c1.COc1cccc(SC)c1.[1H]C([1H])([2H])Sc1cc(OC)ccc1C.[1H][13C@@]([2H])(C)Sc1cccc2c(OC)cccc12.[1H][C@@]([2H])(C)Sc1ccc(OC)c(OC)c1.[1H][C@@]([2H])(C)Sc1cccc(OC)c1.[1H][C@@]([2H])(C)Sc1cccc(OC)c1. The van der Waals surface area contributed by atoms with Gasteiger partial charge in [-0.15, -0.1) is 82.3 Å². The van der Waals surface area contributed by atoms with Crippen molar-refractivity contribution < 1.29 is 53.0 Å². The van der Waals surface area contributed by atoms with Crippen LogP contribution < -0.4 is 37.9 Å². The summed E-state index contributed by atoms with van der Waals surface area (Å²) in [6.07, 6.45) is 2.12.